The van der Waals surface area contributed by atoms with E-state index in [0.29, 0.717) is 11.1 Å². The summed E-state index contributed by atoms with van der Waals surface area (Å²) in [5, 5.41) is 11.0. The average molecular weight is 305 g/mol. The molecule has 0 atom stereocenters. The molecule has 2 aromatic rings. The summed E-state index contributed by atoms with van der Waals surface area (Å²) in [4.78, 5) is 22.0. The quantitative estimate of drug-likeness (QED) is 0.492. The van der Waals surface area contributed by atoms with Crippen molar-refractivity contribution in [3.05, 3.63) is 57.9 Å². The van der Waals surface area contributed by atoms with Gasteiger partial charge in [0.2, 0.25) is 0 Å². The minimum absolute atomic E-state index is 0.00336. The van der Waals surface area contributed by atoms with Gasteiger partial charge in [-0.2, -0.15) is 0 Å². The summed E-state index contributed by atoms with van der Waals surface area (Å²) in [6, 6.07) is 7.87. The van der Waals surface area contributed by atoms with E-state index in [2.05, 4.69) is 4.74 Å². The van der Waals surface area contributed by atoms with E-state index in [1.54, 1.807) is 0 Å². The molecule has 0 amide bonds. The van der Waals surface area contributed by atoms with E-state index in [9.17, 15) is 19.3 Å². The van der Waals surface area contributed by atoms with Crippen molar-refractivity contribution in [2.24, 2.45) is 0 Å². The molecule has 2 aromatic carbocycles. The van der Waals surface area contributed by atoms with E-state index in [1.165, 1.54) is 44.6 Å². The minimum atomic E-state index is -0.695. The van der Waals surface area contributed by atoms with Gasteiger partial charge in [-0.3, -0.25) is 10.1 Å². The molecule has 0 saturated carbocycles. The van der Waals surface area contributed by atoms with Gasteiger partial charge in [0, 0.05) is 12.1 Å². The predicted molar refractivity (Wildman–Crippen MR) is 76.4 cm³/mol. The summed E-state index contributed by atoms with van der Waals surface area (Å²) in [5.41, 5.74) is 0.635. The number of methoxy groups -OCH3 is 2. The number of nitro groups is 1. The number of ether oxygens (including phenoxy) is 2. The Balaban J connectivity index is 2.61. The fraction of sp³-hybridized carbons (Fsp3) is 0.133. The number of carbonyl (C=O) groups is 1. The van der Waals surface area contributed by atoms with E-state index in [-0.39, 0.29) is 17.0 Å². The van der Waals surface area contributed by atoms with Crippen LogP contribution in [0.15, 0.2) is 36.4 Å². The van der Waals surface area contributed by atoms with Crippen molar-refractivity contribution >= 4 is 11.7 Å². The van der Waals surface area contributed by atoms with Crippen LogP contribution in [-0.4, -0.2) is 25.1 Å². The molecule has 2 rings (SSSR count). The Hall–Kier alpha value is -2.96. The minimum Gasteiger partial charge on any atom is -0.494 e. The second kappa shape index (κ2) is 6.21. The Morgan fingerprint density at radius 2 is 1.86 bits per heavy atom. The maximum atomic E-state index is 13.4. The number of esters is 1. The molecule has 0 bridgehead atoms. The first kappa shape index (κ1) is 15.4. The van der Waals surface area contributed by atoms with Gasteiger partial charge in [-0.05, 0) is 29.3 Å². The van der Waals surface area contributed by atoms with Crippen molar-refractivity contribution in [1.82, 2.24) is 0 Å². The summed E-state index contributed by atoms with van der Waals surface area (Å²) in [5.74, 6) is -1.24. The van der Waals surface area contributed by atoms with E-state index in [4.69, 9.17) is 4.74 Å². The Bertz CT molecular complexity index is 745. The second-order valence-corrected chi connectivity index (χ2v) is 4.37. The fourth-order valence-electron chi connectivity index (χ4n) is 1.96. The number of non-ortho nitro benzene ring substituents is 1. The van der Waals surface area contributed by atoms with Crippen LogP contribution >= 0.6 is 0 Å². The number of benzene rings is 2. The highest BCUT2D eigenvalue weighted by Crippen LogP contribution is 2.30. The third-order valence-electron chi connectivity index (χ3n) is 3.03. The zero-order valence-corrected chi connectivity index (χ0v) is 11.8. The first-order chi connectivity index (χ1) is 10.5. The SMILES string of the molecule is COC(=O)c1cc(-c2ccc(F)c(OC)c2)cc([N+](=O)[O-])c1. The maximum absolute atomic E-state index is 13.4. The standard InChI is InChI=1S/C15H12FNO5/c1-21-14-8-9(3-4-13(14)16)10-5-11(15(18)22-2)7-12(6-10)17(19)20/h3-8H,1-2H3. The van der Waals surface area contributed by atoms with Crippen LogP contribution in [0.25, 0.3) is 11.1 Å². The van der Waals surface area contributed by atoms with Crippen LogP contribution in [0, 0.1) is 15.9 Å². The van der Waals surface area contributed by atoms with Crippen LogP contribution in [0.1, 0.15) is 10.4 Å². The molecule has 0 fully saturated rings. The van der Waals surface area contributed by atoms with Gasteiger partial charge in [0.25, 0.3) is 5.69 Å². The zero-order chi connectivity index (χ0) is 16.3. The Morgan fingerprint density at radius 3 is 2.45 bits per heavy atom. The number of hydrogen-bond acceptors (Lipinski definition) is 5. The third-order valence-corrected chi connectivity index (χ3v) is 3.03. The molecule has 6 nitrogen and oxygen atoms in total. The van der Waals surface area contributed by atoms with Gasteiger partial charge in [-0.25, -0.2) is 9.18 Å². The van der Waals surface area contributed by atoms with Crippen molar-refractivity contribution in [3.63, 3.8) is 0 Å². The Kier molecular flexibility index (Phi) is 4.36. The molecule has 0 aliphatic carbocycles. The molecule has 0 heterocycles. The largest absolute Gasteiger partial charge is 0.494 e. The second-order valence-electron chi connectivity index (χ2n) is 4.37. The number of halogens is 1. The van der Waals surface area contributed by atoms with Gasteiger partial charge in [0.05, 0.1) is 24.7 Å². The predicted octanol–water partition coefficient (Wildman–Crippen LogP) is 3.20. The summed E-state index contributed by atoms with van der Waals surface area (Å²) in [7, 11) is 2.50. The molecule has 0 aliphatic rings. The number of hydrogen-bond donors (Lipinski definition) is 0. The molecule has 0 aliphatic heterocycles. The van der Waals surface area contributed by atoms with Crippen LogP contribution in [0.2, 0.25) is 0 Å². The molecule has 114 valence electrons. The van der Waals surface area contributed by atoms with Gasteiger partial charge < -0.3 is 9.47 Å². The van der Waals surface area contributed by atoms with Gasteiger partial charge >= 0.3 is 5.97 Å². The van der Waals surface area contributed by atoms with Crippen molar-refractivity contribution < 1.29 is 23.6 Å². The van der Waals surface area contributed by atoms with E-state index in [1.807, 2.05) is 0 Å². The Morgan fingerprint density at radius 1 is 1.14 bits per heavy atom. The lowest BCUT2D eigenvalue weighted by atomic mass is 10.0. The molecular formula is C15H12FNO5. The van der Waals surface area contributed by atoms with Gasteiger partial charge in [-0.1, -0.05) is 6.07 Å². The first-order valence-electron chi connectivity index (χ1n) is 6.18. The van der Waals surface area contributed by atoms with Gasteiger partial charge in [-0.15, -0.1) is 0 Å². The molecule has 7 heteroatoms. The van der Waals surface area contributed by atoms with Crippen molar-refractivity contribution in [2.45, 2.75) is 0 Å². The van der Waals surface area contributed by atoms with Gasteiger partial charge in [0.1, 0.15) is 0 Å². The molecular weight excluding hydrogens is 293 g/mol. The summed E-state index contributed by atoms with van der Waals surface area (Å²) in [6.07, 6.45) is 0. The van der Waals surface area contributed by atoms with E-state index in [0.717, 1.165) is 6.07 Å². The van der Waals surface area contributed by atoms with Crippen molar-refractivity contribution in [1.29, 1.82) is 0 Å². The van der Waals surface area contributed by atoms with Crippen LogP contribution in [0.4, 0.5) is 10.1 Å². The average Bonchev–Trinajstić information content (AvgIpc) is 2.54. The van der Waals surface area contributed by atoms with Crippen molar-refractivity contribution in [3.8, 4) is 16.9 Å². The topological polar surface area (TPSA) is 78.7 Å². The smallest absolute Gasteiger partial charge is 0.338 e. The molecule has 0 saturated heterocycles. The summed E-state index contributed by atoms with van der Waals surface area (Å²) in [6.45, 7) is 0. The summed E-state index contributed by atoms with van der Waals surface area (Å²) >= 11 is 0. The third kappa shape index (κ3) is 3.03. The monoisotopic (exact) mass is 305 g/mol. The summed E-state index contributed by atoms with van der Waals surface area (Å²) < 4.78 is 22.9. The number of carbonyl (C=O) groups excluding carboxylic acids is 1. The highest BCUT2D eigenvalue weighted by atomic mass is 19.1. The number of nitrogens with zero attached hydrogens (tertiary/aromatic N) is 1. The number of rotatable bonds is 4. The highest BCUT2D eigenvalue weighted by Gasteiger charge is 2.16. The molecule has 0 aromatic heterocycles. The lowest BCUT2D eigenvalue weighted by Crippen LogP contribution is -2.03. The molecule has 0 unspecified atom stereocenters. The molecule has 0 N–H and O–H groups in total. The lowest BCUT2D eigenvalue weighted by Gasteiger charge is -2.08. The maximum Gasteiger partial charge on any atom is 0.338 e. The van der Waals surface area contributed by atoms with E-state index < -0.39 is 16.7 Å². The number of nitro benzene ring substituents is 1. The van der Waals surface area contributed by atoms with Crippen LogP contribution in [0.5, 0.6) is 5.75 Å². The first-order valence-corrected chi connectivity index (χ1v) is 6.18. The Labute approximate surface area is 125 Å². The lowest BCUT2D eigenvalue weighted by molar-refractivity contribution is -0.384. The van der Waals surface area contributed by atoms with Crippen LogP contribution in [-0.2, 0) is 4.74 Å². The van der Waals surface area contributed by atoms with Gasteiger partial charge in [0.15, 0.2) is 11.6 Å². The normalized spacial score (nSPS) is 10.1. The zero-order valence-electron chi connectivity index (χ0n) is 11.8. The molecule has 0 radical (unpaired) electrons. The fourth-order valence-corrected chi connectivity index (χ4v) is 1.96. The molecule has 22 heavy (non-hydrogen) atoms. The van der Waals surface area contributed by atoms with Crippen LogP contribution < -0.4 is 4.74 Å². The molecule has 0 spiro atoms. The van der Waals surface area contributed by atoms with Crippen LogP contribution in [0.3, 0.4) is 0 Å². The van der Waals surface area contributed by atoms with Crippen molar-refractivity contribution in [2.75, 3.05) is 14.2 Å². The van der Waals surface area contributed by atoms with E-state index >= 15 is 0 Å². The highest BCUT2D eigenvalue weighted by molar-refractivity contribution is 5.92.